The van der Waals surface area contributed by atoms with E-state index in [4.69, 9.17) is 0 Å². The number of thiazole rings is 1. The number of hydrogen-bond acceptors (Lipinski definition) is 4. The van der Waals surface area contributed by atoms with Crippen molar-refractivity contribution in [1.29, 1.82) is 0 Å². The summed E-state index contributed by atoms with van der Waals surface area (Å²) in [6, 6.07) is 18.7. The van der Waals surface area contributed by atoms with Gasteiger partial charge < -0.3 is 10.2 Å². The van der Waals surface area contributed by atoms with Crippen molar-refractivity contribution in [2.75, 3.05) is 18.0 Å². The largest absolute Gasteiger partial charge is 0.366 e. The summed E-state index contributed by atoms with van der Waals surface area (Å²) in [4.78, 5) is 19.3. The number of fused-ring (bicyclic) bond motifs is 1. The van der Waals surface area contributed by atoms with Gasteiger partial charge >= 0.3 is 0 Å². The molecule has 4 nitrogen and oxygen atoms in total. The smallest absolute Gasteiger partial charge is 0.270 e. The molecule has 1 amide bonds. The zero-order valence-corrected chi connectivity index (χ0v) is 15.5. The molecular weight excluding hydrogens is 342 g/mol. The highest BCUT2D eigenvalue weighted by molar-refractivity contribution is 7.13. The van der Waals surface area contributed by atoms with Crippen molar-refractivity contribution in [3.63, 3.8) is 0 Å². The lowest BCUT2D eigenvalue weighted by molar-refractivity contribution is 0.0947. The molecule has 3 aromatic rings. The standard InChI is InChI=1S/C21H21N3OS/c1-15(24-12-11-16-7-5-6-10-19(16)24)13-22-20(25)18-14-26-21(23-18)17-8-3-2-4-9-17/h2-10,14-15H,11-13H2,1H3,(H,22,25). The molecule has 0 saturated heterocycles. The Morgan fingerprint density at radius 2 is 1.96 bits per heavy atom. The van der Waals surface area contributed by atoms with Gasteiger partial charge in [0.1, 0.15) is 10.7 Å². The number of rotatable bonds is 5. The van der Waals surface area contributed by atoms with Crippen molar-refractivity contribution in [1.82, 2.24) is 10.3 Å². The van der Waals surface area contributed by atoms with Crippen molar-refractivity contribution in [3.8, 4) is 10.6 Å². The predicted molar refractivity (Wildman–Crippen MR) is 107 cm³/mol. The fourth-order valence-corrected chi connectivity index (χ4v) is 4.16. The van der Waals surface area contributed by atoms with Crippen molar-refractivity contribution in [2.45, 2.75) is 19.4 Å². The molecule has 0 fully saturated rings. The first-order valence-corrected chi connectivity index (χ1v) is 9.74. The number of amides is 1. The molecule has 1 atom stereocenters. The van der Waals surface area contributed by atoms with Crippen LogP contribution in [-0.4, -0.2) is 30.0 Å². The van der Waals surface area contributed by atoms with Crippen LogP contribution in [0.5, 0.6) is 0 Å². The average molecular weight is 363 g/mol. The van der Waals surface area contributed by atoms with Crippen molar-refractivity contribution >= 4 is 22.9 Å². The van der Waals surface area contributed by atoms with E-state index in [1.807, 2.05) is 35.7 Å². The Bertz CT molecular complexity index is 906. The Hall–Kier alpha value is -2.66. The van der Waals surface area contributed by atoms with E-state index in [9.17, 15) is 4.79 Å². The molecule has 0 aliphatic carbocycles. The van der Waals surface area contributed by atoms with E-state index < -0.39 is 0 Å². The van der Waals surface area contributed by atoms with Gasteiger partial charge in [-0.15, -0.1) is 11.3 Å². The lowest BCUT2D eigenvalue weighted by Gasteiger charge is -2.27. The number of para-hydroxylation sites is 1. The maximum Gasteiger partial charge on any atom is 0.270 e. The van der Waals surface area contributed by atoms with E-state index in [1.165, 1.54) is 22.6 Å². The fourth-order valence-electron chi connectivity index (χ4n) is 3.35. The van der Waals surface area contributed by atoms with Crippen LogP contribution in [0.3, 0.4) is 0 Å². The average Bonchev–Trinajstić information content (AvgIpc) is 3.34. The first kappa shape index (κ1) is 16.8. The molecule has 2 aromatic carbocycles. The predicted octanol–water partition coefficient (Wildman–Crippen LogP) is 3.99. The van der Waals surface area contributed by atoms with Gasteiger partial charge in [0.25, 0.3) is 5.91 Å². The quantitative estimate of drug-likeness (QED) is 0.745. The minimum atomic E-state index is -0.109. The summed E-state index contributed by atoms with van der Waals surface area (Å²) in [5.41, 5.74) is 4.20. The first-order valence-electron chi connectivity index (χ1n) is 8.86. The molecule has 2 heterocycles. The Kier molecular flexibility index (Phi) is 4.71. The minimum Gasteiger partial charge on any atom is -0.366 e. The number of hydrogen-bond donors (Lipinski definition) is 1. The number of carbonyl (C=O) groups is 1. The molecule has 1 N–H and O–H groups in total. The summed E-state index contributed by atoms with van der Waals surface area (Å²) in [6.45, 7) is 3.76. The second-order valence-corrected chi connectivity index (χ2v) is 7.39. The summed E-state index contributed by atoms with van der Waals surface area (Å²) in [6.07, 6.45) is 1.07. The summed E-state index contributed by atoms with van der Waals surface area (Å²) in [7, 11) is 0. The Morgan fingerprint density at radius 1 is 1.19 bits per heavy atom. The summed E-state index contributed by atoms with van der Waals surface area (Å²) < 4.78 is 0. The Morgan fingerprint density at radius 3 is 2.81 bits per heavy atom. The van der Waals surface area contributed by atoms with Gasteiger partial charge in [0.2, 0.25) is 0 Å². The van der Waals surface area contributed by atoms with Crippen molar-refractivity contribution in [3.05, 3.63) is 71.2 Å². The van der Waals surface area contributed by atoms with Crippen LogP contribution in [0.1, 0.15) is 23.0 Å². The van der Waals surface area contributed by atoms with E-state index >= 15 is 0 Å². The zero-order chi connectivity index (χ0) is 17.9. The van der Waals surface area contributed by atoms with Crippen LogP contribution in [0.4, 0.5) is 5.69 Å². The summed E-state index contributed by atoms with van der Waals surface area (Å²) in [5, 5.41) is 5.73. The van der Waals surface area contributed by atoms with Crippen LogP contribution < -0.4 is 10.2 Å². The molecule has 0 saturated carbocycles. The number of nitrogens with one attached hydrogen (secondary N) is 1. The van der Waals surface area contributed by atoms with Crippen LogP contribution in [0.15, 0.2) is 60.0 Å². The molecule has 1 aliphatic heterocycles. The molecule has 0 radical (unpaired) electrons. The van der Waals surface area contributed by atoms with Gasteiger partial charge in [0, 0.05) is 35.8 Å². The molecular formula is C21H21N3OS. The maximum atomic E-state index is 12.5. The third kappa shape index (κ3) is 3.35. The normalized spacial score (nSPS) is 14.1. The van der Waals surface area contributed by atoms with Crippen molar-refractivity contribution in [2.24, 2.45) is 0 Å². The third-order valence-corrected chi connectivity index (χ3v) is 5.66. The SMILES string of the molecule is CC(CNC(=O)c1csc(-c2ccccc2)n1)N1CCc2ccccc21. The highest BCUT2D eigenvalue weighted by Crippen LogP contribution is 2.29. The van der Waals surface area contributed by atoms with E-state index in [2.05, 4.69) is 46.4 Å². The van der Waals surface area contributed by atoms with Crippen LogP contribution in [-0.2, 0) is 6.42 Å². The van der Waals surface area contributed by atoms with E-state index in [1.54, 1.807) is 0 Å². The lowest BCUT2D eigenvalue weighted by Crippen LogP contribution is -2.41. The first-order chi connectivity index (χ1) is 12.7. The molecule has 4 rings (SSSR count). The van der Waals surface area contributed by atoms with Crippen LogP contribution >= 0.6 is 11.3 Å². The molecule has 132 valence electrons. The topological polar surface area (TPSA) is 45.2 Å². The number of aromatic nitrogens is 1. The monoisotopic (exact) mass is 363 g/mol. The molecule has 0 spiro atoms. The van der Waals surface area contributed by atoms with Gasteiger partial charge in [-0.2, -0.15) is 0 Å². The second kappa shape index (κ2) is 7.30. The minimum absolute atomic E-state index is 0.109. The number of carbonyl (C=O) groups excluding carboxylic acids is 1. The highest BCUT2D eigenvalue weighted by Gasteiger charge is 2.23. The number of benzene rings is 2. The Balaban J connectivity index is 1.38. The third-order valence-electron chi connectivity index (χ3n) is 4.77. The highest BCUT2D eigenvalue weighted by atomic mass is 32.1. The summed E-state index contributed by atoms with van der Waals surface area (Å²) >= 11 is 1.50. The van der Waals surface area contributed by atoms with Crippen LogP contribution in [0.2, 0.25) is 0 Å². The van der Waals surface area contributed by atoms with Gasteiger partial charge in [0.05, 0.1) is 0 Å². The maximum absolute atomic E-state index is 12.5. The van der Waals surface area contributed by atoms with Crippen molar-refractivity contribution < 1.29 is 4.79 Å². The number of nitrogens with zero attached hydrogens (tertiary/aromatic N) is 2. The van der Waals surface area contributed by atoms with Gasteiger partial charge in [-0.25, -0.2) is 4.98 Å². The van der Waals surface area contributed by atoms with Gasteiger partial charge in [-0.1, -0.05) is 48.5 Å². The second-order valence-electron chi connectivity index (χ2n) is 6.54. The Labute approximate surface area is 157 Å². The van der Waals surface area contributed by atoms with Gasteiger partial charge in [-0.3, -0.25) is 4.79 Å². The van der Waals surface area contributed by atoms with E-state index in [0.29, 0.717) is 12.2 Å². The zero-order valence-electron chi connectivity index (χ0n) is 14.7. The molecule has 1 aromatic heterocycles. The van der Waals surface area contributed by atoms with Crippen LogP contribution in [0.25, 0.3) is 10.6 Å². The van der Waals surface area contributed by atoms with E-state index in [-0.39, 0.29) is 11.9 Å². The summed E-state index contributed by atoms with van der Waals surface area (Å²) in [5.74, 6) is -0.109. The van der Waals surface area contributed by atoms with Crippen LogP contribution in [0, 0.1) is 0 Å². The molecule has 26 heavy (non-hydrogen) atoms. The molecule has 5 heteroatoms. The van der Waals surface area contributed by atoms with E-state index in [0.717, 1.165) is 23.5 Å². The number of anilines is 1. The van der Waals surface area contributed by atoms with Gasteiger partial charge in [-0.05, 0) is 25.0 Å². The molecule has 0 bridgehead atoms. The molecule has 1 aliphatic rings. The lowest BCUT2D eigenvalue weighted by atomic mass is 10.2. The van der Waals surface area contributed by atoms with Gasteiger partial charge in [0.15, 0.2) is 0 Å². The fraction of sp³-hybridized carbons (Fsp3) is 0.238. The molecule has 1 unspecified atom stereocenters.